The van der Waals surface area contributed by atoms with Gasteiger partial charge in [-0.1, -0.05) is 20.8 Å². The topological polar surface area (TPSA) is 53.1 Å². The van der Waals surface area contributed by atoms with Gasteiger partial charge in [-0.15, -0.1) is 0 Å². The summed E-state index contributed by atoms with van der Waals surface area (Å²) in [5.74, 6) is 1.95. The van der Waals surface area contributed by atoms with E-state index < -0.39 is 0 Å². The fourth-order valence-electron chi connectivity index (χ4n) is 2.39. The molecule has 1 aliphatic heterocycles. The van der Waals surface area contributed by atoms with Gasteiger partial charge < -0.3 is 15.5 Å². The van der Waals surface area contributed by atoms with Crippen molar-refractivity contribution in [3.05, 3.63) is 12.4 Å². The molecule has 0 aliphatic carbocycles. The van der Waals surface area contributed by atoms with E-state index in [1.807, 2.05) is 7.05 Å². The standard InChI is InChI=1S/C15H27N5/c1-15(2,3)6-7-17-13-9-14(19-11-18-13)20-8-5-12(10-20)16-4/h9,11-12,16H,5-8,10H2,1-4H3,(H,17,18,19). The van der Waals surface area contributed by atoms with E-state index >= 15 is 0 Å². The first-order chi connectivity index (χ1) is 9.48. The summed E-state index contributed by atoms with van der Waals surface area (Å²) in [6.07, 6.45) is 3.95. The number of nitrogens with zero attached hydrogens (tertiary/aromatic N) is 3. The molecule has 1 unspecified atom stereocenters. The summed E-state index contributed by atoms with van der Waals surface area (Å²) in [6, 6.07) is 2.63. The Morgan fingerprint density at radius 3 is 2.80 bits per heavy atom. The van der Waals surface area contributed by atoms with Gasteiger partial charge in [0.25, 0.3) is 0 Å². The maximum Gasteiger partial charge on any atom is 0.134 e. The first kappa shape index (κ1) is 15.0. The molecule has 0 bridgehead atoms. The van der Waals surface area contributed by atoms with Crippen molar-refractivity contribution >= 4 is 11.6 Å². The second kappa shape index (κ2) is 6.39. The second-order valence-electron chi connectivity index (χ2n) is 6.72. The van der Waals surface area contributed by atoms with Crippen LogP contribution in [0.3, 0.4) is 0 Å². The molecule has 0 radical (unpaired) electrons. The van der Waals surface area contributed by atoms with Crippen LogP contribution in [-0.4, -0.2) is 42.7 Å². The number of aromatic nitrogens is 2. The van der Waals surface area contributed by atoms with E-state index in [0.717, 1.165) is 37.7 Å². The number of nitrogens with one attached hydrogen (secondary N) is 2. The van der Waals surface area contributed by atoms with Crippen LogP contribution in [0.15, 0.2) is 12.4 Å². The van der Waals surface area contributed by atoms with Crippen molar-refractivity contribution in [2.45, 2.75) is 39.7 Å². The summed E-state index contributed by atoms with van der Waals surface area (Å²) in [7, 11) is 2.02. The summed E-state index contributed by atoms with van der Waals surface area (Å²) < 4.78 is 0. The third-order valence-corrected chi connectivity index (χ3v) is 3.75. The van der Waals surface area contributed by atoms with Gasteiger partial charge in [0, 0.05) is 31.7 Å². The Labute approximate surface area is 122 Å². The van der Waals surface area contributed by atoms with Crippen molar-refractivity contribution in [2.24, 2.45) is 5.41 Å². The monoisotopic (exact) mass is 277 g/mol. The second-order valence-corrected chi connectivity index (χ2v) is 6.72. The van der Waals surface area contributed by atoms with E-state index in [1.54, 1.807) is 6.33 Å². The smallest absolute Gasteiger partial charge is 0.134 e. The van der Waals surface area contributed by atoms with Crippen LogP contribution >= 0.6 is 0 Å². The highest BCUT2D eigenvalue weighted by Crippen LogP contribution is 2.21. The molecule has 1 fully saturated rings. The molecular weight excluding hydrogens is 250 g/mol. The minimum absolute atomic E-state index is 0.345. The molecule has 1 aliphatic rings. The molecule has 2 rings (SSSR count). The zero-order valence-electron chi connectivity index (χ0n) is 13.1. The third-order valence-electron chi connectivity index (χ3n) is 3.75. The van der Waals surface area contributed by atoms with Crippen LogP contribution in [0.1, 0.15) is 33.6 Å². The number of rotatable bonds is 5. The highest BCUT2D eigenvalue weighted by molar-refractivity contribution is 5.49. The summed E-state index contributed by atoms with van der Waals surface area (Å²) >= 11 is 0. The highest BCUT2D eigenvalue weighted by atomic mass is 15.2. The van der Waals surface area contributed by atoms with Gasteiger partial charge in [0.15, 0.2) is 0 Å². The Kier molecular flexibility index (Phi) is 4.81. The third kappa shape index (κ3) is 4.34. The first-order valence-electron chi connectivity index (χ1n) is 7.46. The Hall–Kier alpha value is -1.36. The fraction of sp³-hybridized carbons (Fsp3) is 0.733. The lowest BCUT2D eigenvalue weighted by atomic mass is 9.92. The van der Waals surface area contributed by atoms with Crippen LogP contribution in [0.5, 0.6) is 0 Å². The lowest BCUT2D eigenvalue weighted by Crippen LogP contribution is -2.29. The summed E-state index contributed by atoms with van der Waals surface area (Å²) in [6.45, 7) is 9.78. The zero-order valence-corrected chi connectivity index (χ0v) is 13.1. The highest BCUT2D eigenvalue weighted by Gasteiger charge is 2.22. The minimum Gasteiger partial charge on any atom is -0.370 e. The molecule has 1 saturated heterocycles. The molecule has 5 nitrogen and oxygen atoms in total. The number of hydrogen-bond donors (Lipinski definition) is 2. The summed E-state index contributed by atoms with van der Waals surface area (Å²) in [5, 5.41) is 6.73. The number of anilines is 2. The molecule has 2 N–H and O–H groups in total. The predicted molar refractivity (Wildman–Crippen MR) is 84.3 cm³/mol. The molecule has 0 aromatic carbocycles. The molecule has 112 valence electrons. The summed E-state index contributed by atoms with van der Waals surface area (Å²) in [4.78, 5) is 11.0. The van der Waals surface area contributed by atoms with Crippen molar-refractivity contribution in [3.8, 4) is 0 Å². The van der Waals surface area contributed by atoms with Crippen LogP contribution < -0.4 is 15.5 Å². The van der Waals surface area contributed by atoms with Crippen molar-refractivity contribution < 1.29 is 0 Å². The molecule has 0 spiro atoms. The van der Waals surface area contributed by atoms with Gasteiger partial charge in [0.1, 0.15) is 18.0 Å². The van der Waals surface area contributed by atoms with Crippen molar-refractivity contribution in [1.82, 2.24) is 15.3 Å². The van der Waals surface area contributed by atoms with Gasteiger partial charge in [-0.2, -0.15) is 0 Å². The average molecular weight is 277 g/mol. The molecule has 1 aromatic heterocycles. The van der Waals surface area contributed by atoms with Crippen molar-refractivity contribution in [1.29, 1.82) is 0 Å². The van der Waals surface area contributed by atoms with Gasteiger partial charge in [-0.3, -0.25) is 0 Å². The van der Waals surface area contributed by atoms with Crippen LogP contribution in [0, 0.1) is 5.41 Å². The normalized spacial score (nSPS) is 19.4. The molecule has 2 heterocycles. The lowest BCUT2D eigenvalue weighted by molar-refractivity contribution is 0.389. The van der Waals surface area contributed by atoms with Gasteiger partial charge in [0.05, 0.1) is 0 Å². The molecule has 20 heavy (non-hydrogen) atoms. The fourth-order valence-corrected chi connectivity index (χ4v) is 2.39. The zero-order chi connectivity index (χ0) is 14.6. The van der Waals surface area contributed by atoms with Crippen molar-refractivity contribution in [3.63, 3.8) is 0 Å². The summed E-state index contributed by atoms with van der Waals surface area (Å²) in [5.41, 5.74) is 0.345. The van der Waals surface area contributed by atoms with E-state index in [-0.39, 0.29) is 0 Å². The Morgan fingerprint density at radius 2 is 2.15 bits per heavy atom. The SMILES string of the molecule is CNC1CCN(c2cc(NCCC(C)(C)C)ncn2)C1. The van der Waals surface area contributed by atoms with Gasteiger partial charge >= 0.3 is 0 Å². The molecule has 0 saturated carbocycles. The average Bonchev–Trinajstić information content (AvgIpc) is 2.86. The largest absolute Gasteiger partial charge is 0.370 e. The maximum atomic E-state index is 4.39. The molecule has 0 amide bonds. The first-order valence-corrected chi connectivity index (χ1v) is 7.46. The Morgan fingerprint density at radius 1 is 1.35 bits per heavy atom. The molecule has 5 heteroatoms. The van der Waals surface area contributed by atoms with E-state index in [9.17, 15) is 0 Å². The Bertz CT molecular complexity index is 427. The van der Waals surface area contributed by atoms with E-state index in [2.05, 4.69) is 52.3 Å². The van der Waals surface area contributed by atoms with Gasteiger partial charge in [-0.25, -0.2) is 9.97 Å². The van der Waals surface area contributed by atoms with Crippen molar-refractivity contribution in [2.75, 3.05) is 36.9 Å². The molecule has 1 aromatic rings. The predicted octanol–water partition coefficient (Wildman–Crippen LogP) is 2.12. The van der Waals surface area contributed by atoms with Crippen LogP contribution in [-0.2, 0) is 0 Å². The van der Waals surface area contributed by atoms with Crippen LogP contribution in [0.25, 0.3) is 0 Å². The number of likely N-dealkylation sites (N-methyl/N-ethyl adjacent to an activating group) is 1. The van der Waals surface area contributed by atoms with Gasteiger partial charge in [-0.05, 0) is 25.3 Å². The quantitative estimate of drug-likeness (QED) is 0.863. The Balaban J connectivity index is 1.91. The molecular formula is C15H27N5. The van der Waals surface area contributed by atoms with E-state index in [4.69, 9.17) is 0 Å². The van der Waals surface area contributed by atoms with Crippen LogP contribution in [0.4, 0.5) is 11.6 Å². The maximum absolute atomic E-state index is 4.39. The van der Waals surface area contributed by atoms with Gasteiger partial charge in [0.2, 0.25) is 0 Å². The van der Waals surface area contributed by atoms with E-state index in [0.29, 0.717) is 11.5 Å². The number of hydrogen-bond acceptors (Lipinski definition) is 5. The minimum atomic E-state index is 0.345. The molecule has 1 atom stereocenters. The lowest BCUT2D eigenvalue weighted by Gasteiger charge is -2.20. The van der Waals surface area contributed by atoms with Crippen LogP contribution in [0.2, 0.25) is 0 Å². The van der Waals surface area contributed by atoms with E-state index in [1.165, 1.54) is 6.42 Å².